The Morgan fingerprint density at radius 2 is 1.61 bits per heavy atom. The van der Waals surface area contributed by atoms with Gasteiger partial charge >= 0.3 is 0 Å². The van der Waals surface area contributed by atoms with E-state index < -0.39 is 0 Å². The second-order valence-electron chi connectivity index (χ2n) is 3.27. The molecular formula is C12H6ClN5. The largest absolute Gasteiger partial charge is 0.338 e. The van der Waals surface area contributed by atoms with Gasteiger partial charge in [0.1, 0.15) is 12.1 Å². The molecule has 0 radical (unpaired) electrons. The number of hydrogen-bond donors (Lipinski definition) is 1. The van der Waals surface area contributed by atoms with Gasteiger partial charge in [-0.15, -0.1) is 0 Å². The zero-order chi connectivity index (χ0) is 13.0. The van der Waals surface area contributed by atoms with Crippen LogP contribution >= 0.6 is 11.6 Å². The number of nitriles is 2. The van der Waals surface area contributed by atoms with Crippen molar-refractivity contribution >= 4 is 23.1 Å². The summed E-state index contributed by atoms with van der Waals surface area (Å²) in [7, 11) is 0. The van der Waals surface area contributed by atoms with E-state index in [-0.39, 0.29) is 22.4 Å². The summed E-state index contributed by atoms with van der Waals surface area (Å²) in [5.74, 6) is 0.249. The molecule has 0 unspecified atom stereocenters. The molecule has 0 aliphatic heterocycles. The Morgan fingerprint density at radius 1 is 1.00 bits per heavy atom. The maximum Gasteiger partial charge on any atom is 0.179 e. The lowest BCUT2D eigenvalue weighted by Crippen LogP contribution is -2.01. The fourth-order valence-corrected chi connectivity index (χ4v) is 1.48. The molecule has 6 heteroatoms. The third kappa shape index (κ3) is 2.37. The van der Waals surface area contributed by atoms with Gasteiger partial charge in [0.25, 0.3) is 0 Å². The number of halogens is 1. The highest BCUT2D eigenvalue weighted by molar-refractivity contribution is 6.31. The molecule has 1 aromatic carbocycles. The smallest absolute Gasteiger partial charge is 0.179 e. The minimum absolute atomic E-state index is 0.0504. The summed E-state index contributed by atoms with van der Waals surface area (Å²) in [4.78, 5) is 7.78. The third-order valence-electron chi connectivity index (χ3n) is 2.10. The van der Waals surface area contributed by atoms with E-state index in [4.69, 9.17) is 22.1 Å². The summed E-state index contributed by atoms with van der Waals surface area (Å²) in [6, 6.07) is 12.8. The Hall–Kier alpha value is -2.63. The first-order chi connectivity index (χ1) is 8.74. The molecule has 1 heterocycles. The van der Waals surface area contributed by atoms with Crippen LogP contribution < -0.4 is 5.32 Å². The average molecular weight is 256 g/mol. The van der Waals surface area contributed by atoms with Crippen molar-refractivity contribution in [3.05, 3.63) is 46.9 Å². The van der Waals surface area contributed by atoms with Gasteiger partial charge in [0.05, 0.1) is 0 Å². The first kappa shape index (κ1) is 11.8. The topological polar surface area (TPSA) is 85.4 Å². The van der Waals surface area contributed by atoms with E-state index in [9.17, 15) is 0 Å². The summed E-state index contributed by atoms with van der Waals surface area (Å²) >= 11 is 5.89. The van der Waals surface area contributed by atoms with Crippen LogP contribution in [0.4, 0.5) is 11.5 Å². The van der Waals surface area contributed by atoms with Crippen LogP contribution in [0.1, 0.15) is 11.4 Å². The van der Waals surface area contributed by atoms with Crippen molar-refractivity contribution in [1.82, 2.24) is 9.97 Å². The quantitative estimate of drug-likeness (QED) is 0.891. The van der Waals surface area contributed by atoms with Crippen molar-refractivity contribution < 1.29 is 0 Å². The lowest BCUT2D eigenvalue weighted by Gasteiger charge is -2.07. The molecule has 0 atom stereocenters. The van der Waals surface area contributed by atoms with E-state index in [2.05, 4.69) is 15.3 Å². The third-order valence-corrected chi connectivity index (χ3v) is 2.37. The molecular weight excluding hydrogens is 250 g/mol. The Kier molecular flexibility index (Phi) is 3.38. The summed E-state index contributed by atoms with van der Waals surface area (Å²) in [6.45, 7) is 0. The van der Waals surface area contributed by atoms with Gasteiger partial charge in [0.15, 0.2) is 22.4 Å². The van der Waals surface area contributed by atoms with E-state index in [1.807, 2.05) is 30.3 Å². The second kappa shape index (κ2) is 5.13. The molecule has 2 aromatic rings. The molecule has 0 amide bonds. The normalized spacial score (nSPS) is 9.28. The fraction of sp³-hybridized carbons (Fsp3) is 0. The van der Waals surface area contributed by atoms with Gasteiger partial charge in [0.2, 0.25) is 0 Å². The number of nitrogens with zero attached hydrogens (tertiary/aromatic N) is 4. The van der Waals surface area contributed by atoms with Crippen LogP contribution in [0.15, 0.2) is 30.3 Å². The van der Waals surface area contributed by atoms with Gasteiger partial charge in [-0.25, -0.2) is 9.97 Å². The molecule has 0 aliphatic rings. The van der Waals surface area contributed by atoms with Gasteiger partial charge in [-0.1, -0.05) is 29.8 Å². The highest BCUT2D eigenvalue weighted by Gasteiger charge is 2.11. The Balaban J connectivity index is 2.41. The monoisotopic (exact) mass is 255 g/mol. The first-order valence-electron chi connectivity index (χ1n) is 4.94. The van der Waals surface area contributed by atoms with Crippen LogP contribution in [-0.2, 0) is 0 Å². The van der Waals surface area contributed by atoms with Gasteiger partial charge in [-0.05, 0) is 12.1 Å². The van der Waals surface area contributed by atoms with Crippen LogP contribution in [0.2, 0.25) is 5.15 Å². The van der Waals surface area contributed by atoms with Crippen molar-refractivity contribution in [2.45, 2.75) is 0 Å². The molecule has 0 saturated heterocycles. The minimum atomic E-state index is -0.0823. The number of nitrogens with one attached hydrogen (secondary N) is 1. The molecule has 0 fully saturated rings. The molecule has 0 saturated carbocycles. The van der Waals surface area contributed by atoms with E-state index in [1.165, 1.54) is 0 Å². The van der Waals surface area contributed by atoms with E-state index in [0.717, 1.165) is 5.69 Å². The van der Waals surface area contributed by atoms with E-state index in [1.54, 1.807) is 12.1 Å². The van der Waals surface area contributed by atoms with Gasteiger partial charge in [0, 0.05) is 5.69 Å². The zero-order valence-corrected chi connectivity index (χ0v) is 9.81. The number of hydrogen-bond acceptors (Lipinski definition) is 5. The minimum Gasteiger partial charge on any atom is -0.338 e. The van der Waals surface area contributed by atoms with Crippen LogP contribution in [0.5, 0.6) is 0 Å². The Morgan fingerprint density at radius 3 is 2.22 bits per heavy atom. The van der Waals surface area contributed by atoms with Crippen LogP contribution in [0.3, 0.4) is 0 Å². The van der Waals surface area contributed by atoms with E-state index in [0.29, 0.717) is 0 Å². The lowest BCUT2D eigenvalue weighted by atomic mass is 10.3. The predicted octanol–water partition coefficient (Wildman–Crippen LogP) is 2.62. The van der Waals surface area contributed by atoms with Crippen molar-refractivity contribution in [1.29, 1.82) is 10.5 Å². The Bertz CT molecular complexity index is 655. The first-order valence-corrected chi connectivity index (χ1v) is 5.32. The predicted molar refractivity (Wildman–Crippen MR) is 66.2 cm³/mol. The van der Waals surface area contributed by atoms with Crippen molar-refractivity contribution in [3.63, 3.8) is 0 Å². The maximum absolute atomic E-state index is 8.86. The molecule has 86 valence electrons. The maximum atomic E-state index is 8.86. The summed E-state index contributed by atoms with van der Waals surface area (Å²) in [5, 5.41) is 20.6. The molecule has 0 bridgehead atoms. The number of benzene rings is 1. The number of anilines is 2. The van der Waals surface area contributed by atoms with Crippen molar-refractivity contribution in [2.24, 2.45) is 0 Å². The molecule has 1 aromatic heterocycles. The SMILES string of the molecule is N#Cc1nc(Cl)c(Nc2ccccc2)nc1C#N. The Labute approximate surface area is 108 Å². The van der Waals surface area contributed by atoms with Gasteiger partial charge < -0.3 is 5.32 Å². The lowest BCUT2D eigenvalue weighted by molar-refractivity contribution is 1.13. The average Bonchev–Trinajstić information content (AvgIpc) is 2.41. The second-order valence-corrected chi connectivity index (χ2v) is 3.63. The van der Waals surface area contributed by atoms with Crippen LogP contribution in [0, 0.1) is 22.7 Å². The standard InChI is InChI=1S/C12H6ClN5/c13-11-12(16-8-4-2-1-3-5-8)18-10(7-15)9(6-14)17-11/h1-5H,(H,16,18). The van der Waals surface area contributed by atoms with Crippen LogP contribution in [-0.4, -0.2) is 9.97 Å². The van der Waals surface area contributed by atoms with Crippen molar-refractivity contribution in [2.75, 3.05) is 5.32 Å². The van der Waals surface area contributed by atoms with Gasteiger partial charge in [-0.2, -0.15) is 10.5 Å². The van der Waals surface area contributed by atoms with Gasteiger partial charge in [-0.3, -0.25) is 0 Å². The molecule has 1 N–H and O–H groups in total. The molecule has 0 spiro atoms. The zero-order valence-electron chi connectivity index (χ0n) is 9.05. The molecule has 2 rings (SSSR count). The highest BCUT2D eigenvalue weighted by atomic mass is 35.5. The number of para-hydroxylation sites is 1. The highest BCUT2D eigenvalue weighted by Crippen LogP contribution is 2.22. The summed E-state index contributed by atoms with van der Waals surface area (Å²) in [5.41, 5.74) is 0.628. The summed E-state index contributed by atoms with van der Waals surface area (Å²) < 4.78 is 0. The molecule has 18 heavy (non-hydrogen) atoms. The molecule has 0 aliphatic carbocycles. The fourth-order valence-electron chi connectivity index (χ4n) is 1.31. The van der Waals surface area contributed by atoms with Crippen LogP contribution in [0.25, 0.3) is 0 Å². The van der Waals surface area contributed by atoms with E-state index >= 15 is 0 Å². The molecule has 5 nitrogen and oxygen atoms in total. The van der Waals surface area contributed by atoms with Crippen molar-refractivity contribution in [3.8, 4) is 12.1 Å². The number of aromatic nitrogens is 2. The summed E-state index contributed by atoms with van der Waals surface area (Å²) in [6.07, 6.45) is 0. The number of rotatable bonds is 2.